The van der Waals surface area contributed by atoms with Crippen LogP contribution < -0.4 is 9.80 Å². The summed E-state index contributed by atoms with van der Waals surface area (Å²) in [6.07, 6.45) is 8.98. The van der Waals surface area contributed by atoms with Gasteiger partial charge >= 0.3 is 0 Å². The average Bonchev–Trinajstić information content (AvgIpc) is 3.72. The monoisotopic (exact) mass is 718 g/mol. The first-order chi connectivity index (χ1) is 25.2. The Hall–Kier alpha value is -5.02. The molecule has 2 heterocycles. The summed E-state index contributed by atoms with van der Waals surface area (Å²) >= 11 is 12.0. The van der Waals surface area contributed by atoms with Gasteiger partial charge in [0.15, 0.2) is 0 Å². The number of halogens is 2. The zero-order chi connectivity index (χ0) is 36.2. The van der Waals surface area contributed by atoms with Crippen LogP contribution in [-0.2, 0) is 13.1 Å². The summed E-state index contributed by atoms with van der Waals surface area (Å²) in [4.78, 5) is 4.95. The van der Waals surface area contributed by atoms with E-state index in [9.17, 15) is 0 Å². The van der Waals surface area contributed by atoms with Gasteiger partial charge in [0.25, 0.3) is 0 Å². The highest BCUT2D eigenvalue weighted by Crippen LogP contribution is 2.40. The summed E-state index contributed by atoms with van der Waals surface area (Å²) in [5.41, 5.74) is 15.8. The van der Waals surface area contributed by atoms with E-state index >= 15 is 0 Å². The van der Waals surface area contributed by atoms with Crippen LogP contribution in [0.15, 0.2) is 146 Å². The molecule has 2 atom stereocenters. The molecule has 6 aromatic rings. The molecule has 0 spiro atoms. The third kappa shape index (κ3) is 7.89. The highest BCUT2D eigenvalue weighted by molar-refractivity contribution is 6.30. The van der Waals surface area contributed by atoms with E-state index in [4.69, 9.17) is 23.2 Å². The molecule has 0 aromatic heterocycles. The lowest BCUT2D eigenvalue weighted by molar-refractivity contribution is 0.795. The number of aryl methyl sites for hydroxylation is 4. The third-order valence-electron chi connectivity index (χ3n) is 10.4. The molecular weight excluding hydrogens is 675 g/mol. The van der Waals surface area contributed by atoms with E-state index in [0.717, 1.165) is 23.1 Å². The lowest BCUT2D eigenvalue weighted by Gasteiger charge is -2.26. The quantitative estimate of drug-likeness (QED) is 0.169. The molecule has 2 aliphatic heterocycles. The number of fused-ring (bicyclic) bond motifs is 2. The molecule has 260 valence electrons. The molecule has 2 aliphatic rings. The van der Waals surface area contributed by atoms with Crippen molar-refractivity contribution in [3.8, 4) is 0 Å². The van der Waals surface area contributed by atoms with Crippen molar-refractivity contribution in [3.63, 3.8) is 0 Å². The highest BCUT2D eigenvalue weighted by Gasteiger charge is 2.29. The van der Waals surface area contributed by atoms with Crippen molar-refractivity contribution >= 4 is 46.7 Å². The third-order valence-corrected chi connectivity index (χ3v) is 10.9. The minimum absolute atomic E-state index is 0.240. The second-order valence-electron chi connectivity index (χ2n) is 13.9. The predicted octanol–water partition coefficient (Wildman–Crippen LogP) is 13.5. The van der Waals surface area contributed by atoms with Gasteiger partial charge in [-0.15, -0.1) is 0 Å². The van der Waals surface area contributed by atoms with Crippen LogP contribution in [0.5, 0.6) is 0 Å². The lowest BCUT2D eigenvalue weighted by atomic mass is 10.0. The first-order valence-corrected chi connectivity index (χ1v) is 18.7. The molecule has 4 heteroatoms. The fraction of sp³-hybridized carbons (Fsp3) is 0.167. The summed E-state index contributed by atoms with van der Waals surface area (Å²) in [5, 5.41) is 1.54. The fourth-order valence-corrected chi connectivity index (χ4v) is 7.36. The Morgan fingerprint density at radius 1 is 0.462 bits per heavy atom. The summed E-state index contributed by atoms with van der Waals surface area (Å²) in [6, 6.07) is 47.4. The van der Waals surface area contributed by atoms with E-state index in [1.54, 1.807) is 0 Å². The molecule has 0 aliphatic carbocycles. The molecule has 2 nitrogen and oxygen atoms in total. The van der Waals surface area contributed by atoms with Crippen molar-refractivity contribution in [3.05, 3.63) is 211 Å². The molecule has 6 aromatic carbocycles. The van der Waals surface area contributed by atoms with E-state index in [1.165, 1.54) is 67.0 Å². The Morgan fingerprint density at radius 3 is 1.23 bits per heavy atom. The number of anilines is 2. The van der Waals surface area contributed by atoms with Crippen LogP contribution in [0.3, 0.4) is 0 Å². The molecular formula is C48H44Cl2N2. The van der Waals surface area contributed by atoms with Crippen LogP contribution in [0.2, 0.25) is 10.0 Å². The Kier molecular flexibility index (Phi) is 10.7. The Balaban J connectivity index is 0.000000162. The molecule has 0 bridgehead atoms. The predicted molar refractivity (Wildman–Crippen MR) is 224 cm³/mol. The second-order valence-corrected chi connectivity index (χ2v) is 14.8. The average molecular weight is 720 g/mol. The maximum atomic E-state index is 6.00. The summed E-state index contributed by atoms with van der Waals surface area (Å²) in [7, 11) is 0. The summed E-state index contributed by atoms with van der Waals surface area (Å²) in [6.45, 7) is 10.6. The number of benzene rings is 6. The minimum Gasteiger partial charge on any atom is -0.357 e. The van der Waals surface area contributed by atoms with Crippen molar-refractivity contribution in [2.45, 2.75) is 52.9 Å². The van der Waals surface area contributed by atoms with Crippen molar-refractivity contribution in [2.24, 2.45) is 0 Å². The zero-order valence-corrected chi connectivity index (χ0v) is 31.7. The van der Waals surface area contributed by atoms with Gasteiger partial charge in [-0.1, -0.05) is 132 Å². The molecule has 0 saturated heterocycles. The van der Waals surface area contributed by atoms with Gasteiger partial charge in [0, 0.05) is 34.5 Å². The van der Waals surface area contributed by atoms with Gasteiger partial charge < -0.3 is 9.80 Å². The maximum absolute atomic E-state index is 6.00. The van der Waals surface area contributed by atoms with Gasteiger partial charge in [0.1, 0.15) is 0 Å². The lowest BCUT2D eigenvalue weighted by Crippen LogP contribution is -2.20. The van der Waals surface area contributed by atoms with Gasteiger partial charge in [-0.25, -0.2) is 0 Å². The van der Waals surface area contributed by atoms with Gasteiger partial charge in [0.05, 0.1) is 12.1 Å². The Labute approximate surface area is 319 Å². The number of rotatable bonds is 6. The molecule has 0 saturated carbocycles. The van der Waals surface area contributed by atoms with Crippen molar-refractivity contribution in [1.82, 2.24) is 0 Å². The van der Waals surface area contributed by atoms with Crippen molar-refractivity contribution in [1.29, 1.82) is 0 Å². The van der Waals surface area contributed by atoms with Crippen LogP contribution in [0.1, 0.15) is 67.7 Å². The maximum Gasteiger partial charge on any atom is 0.0736 e. The zero-order valence-electron chi connectivity index (χ0n) is 30.2. The minimum atomic E-state index is 0.240. The first-order valence-electron chi connectivity index (χ1n) is 17.9. The highest BCUT2D eigenvalue weighted by atomic mass is 35.5. The van der Waals surface area contributed by atoms with Crippen molar-refractivity contribution < 1.29 is 0 Å². The number of hydrogen-bond acceptors (Lipinski definition) is 2. The molecule has 0 N–H and O–H groups in total. The molecule has 52 heavy (non-hydrogen) atoms. The van der Waals surface area contributed by atoms with Crippen LogP contribution in [-0.4, -0.2) is 0 Å². The van der Waals surface area contributed by atoms with Crippen molar-refractivity contribution in [2.75, 3.05) is 9.80 Å². The van der Waals surface area contributed by atoms with E-state index in [-0.39, 0.29) is 12.1 Å². The van der Waals surface area contributed by atoms with E-state index < -0.39 is 0 Å². The van der Waals surface area contributed by atoms with Crippen LogP contribution in [0.25, 0.3) is 12.2 Å². The van der Waals surface area contributed by atoms with E-state index in [1.807, 2.05) is 24.3 Å². The van der Waals surface area contributed by atoms with Crippen LogP contribution in [0.4, 0.5) is 11.4 Å². The number of hydrogen-bond donors (Lipinski definition) is 0. The SMILES string of the molecule is Cc1ccc(N2Cc3ccccc3[C@H]2/C=C/c2ccc(Cl)cc2)cc1C.Cc1ccc(N2Cc3ccccc3[C@H]2/C=C/c2ccc(Cl)cc2)cc1C. The number of nitrogens with zero attached hydrogens (tertiary/aromatic N) is 2. The molecule has 0 unspecified atom stereocenters. The first kappa shape index (κ1) is 35.4. The standard InChI is InChI=1S/2C24H22ClN/c2*1-17-7-13-22(15-18(17)2)26-16-20-5-3-4-6-23(20)24(26)14-10-19-8-11-21(25)12-9-19/h2*3-15,24H,16H2,1-2H3/b2*14-10+/t2*24-/m11/s1. The second kappa shape index (κ2) is 15.7. The molecule has 0 fully saturated rings. The topological polar surface area (TPSA) is 6.48 Å². The summed E-state index contributed by atoms with van der Waals surface area (Å²) < 4.78 is 0. The van der Waals surface area contributed by atoms with Gasteiger partial charge in [-0.3, -0.25) is 0 Å². The van der Waals surface area contributed by atoms with E-state index in [2.05, 4.69) is 171 Å². The summed E-state index contributed by atoms with van der Waals surface area (Å²) in [5.74, 6) is 0. The molecule has 0 amide bonds. The normalized spacial score (nSPS) is 16.3. The fourth-order valence-electron chi connectivity index (χ4n) is 7.11. The molecule has 8 rings (SSSR count). The Bertz CT molecular complexity index is 2070. The van der Waals surface area contributed by atoms with Crippen LogP contribution in [0, 0.1) is 27.7 Å². The van der Waals surface area contributed by atoms with Gasteiger partial charge in [-0.05, 0) is 132 Å². The Morgan fingerprint density at radius 2 is 0.846 bits per heavy atom. The van der Waals surface area contributed by atoms with Gasteiger partial charge in [-0.2, -0.15) is 0 Å². The molecule has 0 radical (unpaired) electrons. The van der Waals surface area contributed by atoms with E-state index in [0.29, 0.717) is 0 Å². The van der Waals surface area contributed by atoms with Crippen LogP contribution >= 0.6 is 23.2 Å². The smallest absolute Gasteiger partial charge is 0.0736 e. The largest absolute Gasteiger partial charge is 0.357 e. The van der Waals surface area contributed by atoms with Gasteiger partial charge in [0.2, 0.25) is 0 Å².